The summed E-state index contributed by atoms with van der Waals surface area (Å²) in [6, 6.07) is 10.3. The van der Waals surface area contributed by atoms with Gasteiger partial charge >= 0.3 is 0 Å². The number of benzene rings is 1. The van der Waals surface area contributed by atoms with Crippen molar-refractivity contribution < 1.29 is 9.32 Å². The Morgan fingerprint density at radius 1 is 1.30 bits per heavy atom. The Balaban J connectivity index is 1.58. The number of nitrogens with zero attached hydrogens (tertiary/aromatic N) is 3. The van der Waals surface area contributed by atoms with Gasteiger partial charge in [0.25, 0.3) is 0 Å². The fourth-order valence-corrected chi connectivity index (χ4v) is 3.17. The zero-order chi connectivity index (χ0) is 16.1. The van der Waals surface area contributed by atoms with Crippen LogP contribution in [-0.4, -0.2) is 27.5 Å². The van der Waals surface area contributed by atoms with E-state index in [0.717, 1.165) is 38.6 Å². The Labute approximate surface area is 136 Å². The number of hydrogen-bond donors (Lipinski definition) is 0. The van der Waals surface area contributed by atoms with Crippen LogP contribution in [0.3, 0.4) is 0 Å². The van der Waals surface area contributed by atoms with Crippen LogP contribution in [0.5, 0.6) is 0 Å². The van der Waals surface area contributed by atoms with E-state index in [1.165, 1.54) is 5.56 Å². The molecule has 23 heavy (non-hydrogen) atoms. The van der Waals surface area contributed by atoms with Gasteiger partial charge in [0, 0.05) is 13.0 Å². The largest absolute Gasteiger partial charge is 0.337 e. The van der Waals surface area contributed by atoms with Gasteiger partial charge < -0.3 is 9.42 Å². The summed E-state index contributed by atoms with van der Waals surface area (Å²) in [6.07, 6.45) is 5.43. The van der Waals surface area contributed by atoms with Crippen molar-refractivity contribution in [2.24, 2.45) is 0 Å². The molecule has 0 aliphatic carbocycles. The maximum atomic E-state index is 12.6. The van der Waals surface area contributed by atoms with Crippen LogP contribution in [0, 0.1) is 6.92 Å². The maximum Gasteiger partial charge on any atom is 0.249 e. The summed E-state index contributed by atoms with van der Waals surface area (Å²) in [5.74, 6) is 1.40. The highest BCUT2D eigenvalue weighted by atomic mass is 16.5. The maximum absolute atomic E-state index is 12.6. The molecule has 1 aliphatic heterocycles. The second-order valence-electron chi connectivity index (χ2n) is 6.12. The first kappa shape index (κ1) is 15.7. The average molecular weight is 313 g/mol. The molecular weight excluding hydrogens is 290 g/mol. The van der Waals surface area contributed by atoms with Crippen molar-refractivity contribution in [3.05, 3.63) is 47.6 Å². The first-order chi connectivity index (χ1) is 11.2. The fraction of sp³-hybridized carbons (Fsp3) is 0.500. The minimum Gasteiger partial charge on any atom is -0.337 e. The molecule has 1 saturated heterocycles. The third kappa shape index (κ3) is 3.97. The van der Waals surface area contributed by atoms with Crippen molar-refractivity contribution >= 4 is 5.91 Å². The molecule has 1 aliphatic rings. The highest BCUT2D eigenvalue weighted by Gasteiger charge is 2.31. The van der Waals surface area contributed by atoms with Gasteiger partial charge in [0.2, 0.25) is 11.8 Å². The second kappa shape index (κ2) is 7.40. The molecule has 2 aromatic rings. The number of amides is 1. The molecule has 0 N–H and O–H groups in total. The summed E-state index contributed by atoms with van der Waals surface area (Å²) in [5, 5.41) is 3.86. The van der Waals surface area contributed by atoms with Crippen molar-refractivity contribution in [2.75, 3.05) is 6.54 Å². The molecule has 3 rings (SSSR count). The van der Waals surface area contributed by atoms with E-state index in [4.69, 9.17) is 4.52 Å². The standard InChI is InChI=1S/C18H23N3O2/c1-14-19-18(23-20-14)16-11-5-6-13-21(16)17(22)12-7-10-15-8-3-2-4-9-15/h2-4,8-9,16H,5-7,10-13H2,1H3/t16-/m1/s1. The summed E-state index contributed by atoms with van der Waals surface area (Å²) >= 11 is 0. The van der Waals surface area contributed by atoms with Crippen molar-refractivity contribution in [3.63, 3.8) is 0 Å². The monoisotopic (exact) mass is 313 g/mol. The zero-order valence-corrected chi connectivity index (χ0v) is 13.6. The molecule has 0 saturated carbocycles. The van der Waals surface area contributed by atoms with Crippen LogP contribution in [0.4, 0.5) is 0 Å². The first-order valence-corrected chi connectivity index (χ1v) is 8.37. The predicted molar refractivity (Wildman–Crippen MR) is 86.7 cm³/mol. The molecule has 1 amide bonds. The lowest BCUT2D eigenvalue weighted by atomic mass is 10.0. The van der Waals surface area contributed by atoms with Crippen molar-refractivity contribution in [2.45, 2.75) is 51.5 Å². The van der Waals surface area contributed by atoms with Crippen LogP contribution in [0.15, 0.2) is 34.9 Å². The lowest BCUT2D eigenvalue weighted by Gasteiger charge is -2.33. The van der Waals surface area contributed by atoms with Crippen molar-refractivity contribution in [1.82, 2.24) is 15.0 Å². The van der Waals surface area contributed by atoms with E-state index in [0.29, 0.717) is 18.1 Å². The lowest BCUT2D eigenvalue weighted by Crippen LogP contribution is -2.38. The van der Waals surface area contributed by atoms with Crippen molar-refractivity contribution in [3.8, 4) is 0 Å². The third-order valence-corrected chi connectivity index (χ3v) is 4.35. The van der Waals surface area contributed by atoms with E-state index in [1.54, 1.807) is 0 Å². The fourth-order valence-electron chi connectivity index (χ4n) is 3.17. The van der Waals surface area contributed by atoms with E-state index < -0.39 is 0 Å². The molecule has 122 valence electrons. The number of aromatic nitrogens is 2. The normalized spacial score (nSPS) is 18.1. The van der Waals surface area contributed by atoms with E-state index in [-0.39, 0.29) is 11.9 Å². The quantitative estimate of drug-likeness (QED) is 0.848. The van der Waals surface area contributed by atoms with Gasteiger partial charge in [0.15, 0.2) is 5.82 Å². The van der Waals surface area contributed by atoms with Crippen molar-refractivity contribution in [1.29, 1.82) is 0 Å². The molecule has 1 aromatic heterocycles. The highest BCUT2D eigenvalue weighted by molar-refractivity contribution is 5.76. The number of aryl methyl sites for hydroxylation is 2. The Morgan fingerprint density at radius 3 is 2.87 bits per heavy atom. The summed E-state index contributed by atoms with van der Waals surface area (Å²) in [4.78, 5) is 18.9. The number of carbonyl (C=O) groups excluding carboxylic acids is 1. The predicted octanol–water partition coefficient (Wildman–Crippen LogP) is 3.45. The van der Waals surface area contributed by atoms with Crippen LogP contribution in [0.1, 0.15) is 55.4 Å². The molecular formula is C18H23N3O2. The van der Waals surface area contributed by atoms with Gasteiger partial charge in [-0.2, -0.15) is 4.98 Å². The summed E-state index contributed by atoms with van der Waals surface area (Å²) in [7, 11) is 0. The van der Waals surface area contributed by atoms with Gasteiger partial charge in [-0.3, -0.25) is 4.79 Å². The Kier molecular flexibility index (Phi) is 5.05. The number of carbonyl (C=O) groups is 1. The van der Waals surface area contributed by atoms with Gasteiger partial charge in [-0.1, -0.05) is 35.5 Å². The van der Waals surface area contributed by atoms with Crippen LogP contribution < -0.4 is 0 Å². The number of hydrogen-bond acceptors (Lipinski definition) is 4. The molecule has 1 fully saturated rings. The highest BCUT2D eigenvalue weighted by Crippen LogP contribution is 2.30. The van der Waals surface area contributed by atoms with Gasteiger partial charge in [0.05, 0.1) is 0 Å². The molecule has 5 heteroatoms. The van der Waals surface area contributed by atoms with E-state index in [2.05, 4.69) is 22.3 Å². The molecule has 2 heterocycles. The Bertz CT molecular complexity index is 639. The average Bonchev–Trinajstić information content (AvgIpc) is 3.02. The number of piperidine rings is 1. The minimum atomic E-state index is -0.0471. The number of rotatable bonds is 5. The van der Waals surface area contributed by atoms with E-state index in [9.17, 15) is 4.79 Å². The Morgan fingerprint density at radius 2 is 2.13 bits per heavy atom. The first-order valence-electron chi connectivity index (χ1n) is 8.37. The lowest BCUT2D eigenvalue weighted by molar-refractivity contribution is -0.135. The molecule has 5 nitrogen and oxygen atoms in total. The van der Waals surface area contributed by atoms with E-state index in [1.807, 2.05) is 30.0 Å². The second-order valence-corrected chi connectivity index (χ2v) is 6.12. The summed E-state index contributed by atoms with van der Waals surface area (Å²) < 4.78 is 5.30. The van der Waals surface area contributed by atoms with Gasteiger partial charge in [-0.05, 0) is 44.6 Å². The van der Waals surface area contributed by atoms with Gasteiger partial charge in [-0.15, -0.1) is 0 Å². The SMILES string of the molecule is Cc1noc([C@H]2CCCCN2C(=O)CCCc2ccccc2)n1. The molecule has 1 aromatic carbocycles. The number of likely N-dealkylation sites (tertiary alicyclic amines) is 1. The third-order valence-electron chi connectivity index (χ3n) is 4.35. The zero-order valence-electron chi connectivity index (χ0n) is 13.6. The smallest absolute Gasteiger partial charge is 0.249 e. The van der Waals surface area contributed by atoms with E-state index >= 15 is 0 Å². The van der Waals surface area contributed by atoms with Crippen LogP contribution in [0.25, 0.3) is 0 Å². The van der Waals surface area contributed by atoms with Crippen LogP contribution in [-0.2, 0) is 11.2 Å². The summed E-state index contributed by atoms with van der Waals surface area (Å²) in [5.41, 5.74) is 1.28. The summed E-state index contributed by atoms with van der Waals surface area (Å²) in [6.45, 7) is 2.60. The molecule has 0 spiro atoms. The molecule has 0 bridgehead atoms. The van der Waals surface area contributed by atoms with Gasteiger partial charge in [-0.25, -0.2) is 0 Å². The Hall–Kier alpha value is -2.17. The minimum absolute atomic E-state index is 0.0471. The topological polar surface area (TPSA) is 59.2 Å². The molecule has 1 atom stereocenters. The van der Waals surface area contributed by atoms with Crippen LogP contribution in [0.2, 0.25) is 0 Å². The molecule has 0 radical (unpaired) electrons. The van der Waals surface area contributed by atoms with Gasteiger partial charge in [0.1, 0.15) is 6.04 Å². The van der Waals surface area contributed by atoms with Crippen LogP contribution >= 0.6 is 0 Å². The molecule has 0 unspecified atom stereocenters.